The van der Waals surface area contributed by atoms with E-state index < -0.39 is 17.6 Å². The van der Waals surface area contributed by atoms with Crippen molar-refractivity contribution in [1.82, 2.24) is 14.5 Å². The highest BCUT2D eigenvalue weighted by Crippen LogP contribution is 2.36. The van der Waals surface area contributed by atoms with Crippen molar-refractivity contribution in [3.63, 3.8) is 0 Å². The summed E-state index contributed by atoms with van der Waals surface area (Å²) < 4.78 is 44.1. The minimum Gasteiger partial charge on any atom is -0.341 e. The Morgan fingerprint density at radius 2 is 1.83 bits per heavy atom. The van der Waals surface area contributed by atoms with Crippen molar-refractivity contribution in [3.05, 3.63) is 60.4 Å². The van der Waals surface area contributed by atoms with Crippen LogP contribution < -0.4 is 0 Å². The van der Waals surface area contributed by atoms with Crippen molar-refractivity contribution < 1.29 is 13.2 Å². The number of aryl methyl sites for hydroxylation is 1. The second kappa shape index (κ2) is 4.81. The fourth-order valence-electron chi connectivity index (χ4n) is 2.94. The highest BCUT2D eigenvalue weighted by molar-refractivity contribution is 6.08. The quantitative estimate of drug-likeness (QED) is 0.493. The highest BCUT2D eigenvalue weighted by atomic mass is 19.1. The molecule has 0 bridgehead atoms. The Hall–Kier alpha value is -2.89. The van der Waals surface area contributed by atoms with Gasteiger partial charge in [-0.25, -0.2) is 13.8 Å². The largest absolute Gasteiger partial charge is 0.341 e. The van der Waals surface area contributed by atoms with E-state index in [1.807, 2.05) is 0 Å². The van der Waals surface area contributed by atoms with Crippen LogP contribution in [0.25, 0.3) is 32.9 Å². The average molecular weight is 313 g/mol. The van der Waals surface area contributed by atoms with E-state index >= 15 is 4.39 Å². The smallest absolute Gasteiger partial charge is 0.212 e. The molecule has 0 N–H and O–H groups in total. The normalized spacial score (nSPS) is 11.5. The van der Waals surface area contributed by atoms with Gasteiger partial charge in [0, 0.05) is 42.0 Å². The zero-order valence-electron chi connectivity index (χ0n) is 12.0. The Bertz CT molecular complexity index is 1050. The van der Waals surface area contributed by atoms with Crippen molar-refractivity contribution in [3.8, 4) is 11.1 Å². The van der Waals surface area contributed by atoms with Crippen LogP contribution in [0.5, 0.6) is 0 Å². The minimum atomic E-state index is -0.722. The molecule has 3 nitrogen and oxygen atoms in total. The predicted octanol–water partition coefficient (Wildman–Crippen LogP) is 4.21. The van der Waals surface area contributed by atoms with Gasteiger partial charge in [-0.05, 0) is 24.3 Å². The molecule has 114 valence electrons. The third kappa shape index (κ3) is 1.91. The number of hydrogen-bond acceptors (Lipinski definition) is 2. The van der Waals surface area contributed by atoms with Gasteiger partial charge in [-0.3, -0.25) is 4.98 Å². The molecule has 0 aliphatic heterocycles. The molecule has 0 atom stereocenters. The molecular formula is C17H10F3N3. The molecular weight excluding hydrogens is 303 g/mol. The molecule has 3 heterocycles. The molecule has 0 aliphatic carbocycles. The Balaban J connectivity index is 2.13. The molecule has 3 aromatic heterocycles. The van der Waals surface area contributed by atoms with Gasteiger partial charge >= 0.3 is 0 Å². The van der Waals surface area contributed by atoms with E-state index in [2.05, 4.69) is 9.97 Å². The minimum absolute atomic E-state index is 0.187. The molecule has 0 saturated carbocycles. The van der Waals surface area contributed by atoms with E-state index in [-0.39, 0.29) is 16.6 Å². The molecule has 0 aliphatic rings. The number of pyridine rings is 2. The van der Waals surface area contributed by atoms with Crippen LogP contribution in [0.2, 0.25) is 0 Å². The van der Waals surface area contributed by atoms with Crippen LogP contribution in [-0.4, -0.2) is 14.5 Å². The number of halogens is 3. The molecule has 0 fully saturated rings. The van der Waals surface area contributed by atoms with Gasteiger partial charge in [0.25, 0.3) is 0 Å². The summed E-state index contributed by atoms with van der Waals surface area (Å²) in [5.41, 5.74) is 0.993. The van der Waals surface area contributed by atoms with Crippen molar-refractivity contribution in [2.45, 2.75) is 0 Å². The van der Waals surface area contributed by atoms with E-state index in [1.165, 1.54) is 12.1 Å². The first-order chi connectivity index (χ1) is 11.1. The molecule has 0 radical (unpaired) electrons. The summed E-state index contributed by atoms with van der Waals surface area (Å²) in [6.45, 7) is 0. The van der Waals surface area contributed by atoms with E-state index in [0.717, 1.165) is 17.8 Å². The van der Waals surface area contributed by atoms with Crippen molar-refractivity contribution in [2.75, 3.05) is 0 Å². The van der Waals surface area contributed by atoms with Gasteiger partial charge in [-0.1, -0.05) is 0 Å². The van der Waals surface area contributed by atoms with Crippen LogP contribution in [0.1, 0.15) is 0 Å². The van der Waals surface area contributed by atoms with Crippen LogP contribution in [0.4, 0.5) is 13.2 Å². The standard InChI is InChI=1S/C17H10F3N3/c1-23-13-4-5-21-8-11(13)10-6-12(18)15(16(20)17(10)23)9-2-3-14(19)22-7-9/h2-8H,1H3. The number of fused-ring (bicyclic) bond motifs is 3. The number of rotatable bonds is 1. The fourth-order valence-corrected chi connectivity index (χ4v) is 2.94. The zero-order valence-corrected chi connectivity index (χ0v) is 12.0. The van der Waals surface area contributed by atoms with Crippen LogP contribution in [0, 0.1) is 17.6 Å². The third-order valence-corrected chi connectivity index (χ3v) is 3.99. The van der Waals surface area contributed by atoms with Gasteiger partial charge in [0.2, 0.25) is 5.95 Å². The lowest BCUT2D eigenvalue weighted by Gasteiger charge is -2.08. The van der Waals surface area contributed by atoms with Crippen LogP contribution >= 0.6 is 0 Å². The summed E-state index contributed by atoms with van der Waals surface area (Å²) in [6, 6.07) is 5.40. The summed E-state index contributed by atoms with van der Waals surface area (Å²) in [4.78, 5) is 7.48. The molecule has 0 spiro atoms. The summed E-state index contributed by atoms with van der Waals surface area (Å²) in [5.74, 6) is -2.13. The van der Waals surface area contributed by atoms with Gasteiger partial charge in [-0.2, -0.15) is 4.39 Å². The first kappa shape index (κ1) is 13.8. The monoisotopic (exact) mass is 313 g/mol. The van der Waals surface area contributed by atoms with Gasteiger partial charge in [0.05, 0.1) is 16.6 Å². The van der Waals surface area contributed by atoms with Crippen LogP contribution in [-0.2, 0) is 7.05 Å². The molecule has 0 saturated heterocycles. The molecule has 23 heavy (non-hydrogen) atoms. The lowest BCUT2D eigenvalue weighted by molar-refractivity contribution is 0.581. The summed E-state index contributed by atoms with van der Waals surface area (Å²) >= 11 is 0. The maximum Gasteiger partial charge on any atom is 0.212 e. The second-order valence-corrected chi connectivity index (χ2v) is 5.26. The summed E-state index contributed by atoms with van der Waals surface area (Å²) in [6.07, 6.45) is 4.29. The topological polar surface area (TPSA) is 30.7 Å². The van der Waals surface area contributed by atoms with Gasteiger partial charge < -0.3 is 4.57 Å². The predicted molar refractivity (Wildman–Crippen MR) is 81.3 cm³/mol. The number of nitrogens with zero attached hydrogens (tertiary/aromatic N) is 3. The van der Waals surface area contributed by atoms with Gasteiger partial charge in [0.1, 0.15) is 5.82 Å². The third-order valence-electron chi connectivity index (χ3n) is 3.99. The maximum atomic E-state index is 15.0. The molecule has 0 unspecified atom stereocenters. The van der Waals surface area contributed by atoms with Crippen molar-refractivity contribution in [2.24, 2.45) is 7.05 Å². The van der Waals surface area contributed by atoms with Gasteiger partial charge in [0.15, 0.2) is 5.82 Å². The van der Waals surface area contributed by atoms with Crippen molar-refractivity contribution in [1.29, 1.82) is 0 Å². The van der Waals surface area contributed by atoms with E-state index in [1.54, 1.807) is 30.1 Å². The van der Waals surface area contributed by atoms with E-state index in [4.69, 9.17) is 0 Å². The van der Waals surface area contributed by atoms with Crippen LogP contribution in [0.15, 0.2) is 42.9 Å². The molecule has 1 aromatic carbocycles. The van der Waals surface area contributed by atoms with Gasteiger partial charge in [-0.15, -0.1) is 0 Å². The molecule has 0 amide bonds. The maximum absolute atomic E-state index is 15.0. The Kier molecular flexibility index (Phi) is 2.87. The van der Waals surface area contributed by atoms with E-state index in [9.17, 15) is 8.78 Å². The summed E-state index contributed by atoms with van der Waals surface area (Å²) in [5, 5.41) is 1.12. The second-order valence-electron chi connectivity index (χ2n) is 5.26. The SMILES string of the molecule is Cn1c2ccncc2c2cc(F)c(-c3ccc(F)nc3)c(F)c21. The first-order valence-corrected chi connectivity index (χ1v) is 6.90. The number of hydrogen-bond donors (Lipinski definition) is 0. The highest BCUT2D eigenvalue weighted by Gasteiger charge is 2.20. The Morgan fingerprint density at radius 3 is 2.57 bits per heavy atom. The molecule has 4 rings (SSSR count). The molecule has 6 heteroatoms. The van der Waals surface area contributed by atoms with Crippen molar-refractivity contribution >= 4 is 21.8 Å². The number of benzene rings is 1. The average Bonchev–Trinajstić information content (AvgIpc) is 2.83. The Labute approximate surface area is 129 Å². The first-order valence-electron chi connectivity index (χ1n) is 6.90. The Morgan fingerprint density at radius 1 is 1.00 bits per heavy atom. The lowest BCUT2D eigenvalue weighted by Crippen LogP contribution is -1.96. The summed E-state index contributed by atoms with van der Waals surface area (Å²) in [7, 11) is 1.71. The lowest BCUT2D eigenvalue weighted by atomic mass is 10.0. The van der Waals surface area contributed by atoms with Crippen LogP contribution in [0.3, 0.4) is 0 Å². The zero-order chi connectivity index (χ0) is 16.1. The fraction of sp³-hybridized carbons (Fsp3) is 0.0588. The van der Waals surface area contributed by atoms with E-state index in [0.29, 0.717) is 10.8 Å². The molecule has 4 aromatic rings. The number of aromatic nitrogens is 3.